The van der Waals surface area contributed by atoms with E-state index in [1.807, 2.05) is 38.1 Å². The highest BCUT2D eigenvalue weighted by molar-refractivity contribution is 5.96. The first-order chi connectivity index (χ1) is 11.0. The van der Waals surface area contributed by atoms with Crippen LogP contribution >= 0.6 is 0 Å². The summed E-state index contributed by atoms with van der Waals surface area (Å²) in [6.45, 7) is 4.54. The minimum Gasteiger partial charge on any atom is -0.354 e. The van der Waals surface area contributed by atoms with Gasteiger partial charge in [0.1, 0.15) is 0 Å². The molecule has 1 heterocycles. The lowest BCUT2D eigenvalue weighted by molar-refractivity contribution is -0.123. The molecule has 5 nitrogen and oxygen atoms in total. The minimum absolute atomic E-state index is 0.00629. The molecule has 1 aliphatic rings. The summed E-state index contributed by atoms with van der Waals surface area (Å²) in [7, 11) is 0. The highest BCUT2D eigenvalue weighted by Crippen LogP contribution is 2.27. The van der Waals surface area contributed by atoms with Crippen molar-refractivity contribution in [1.29, 1.82) is 0 Å². The van der Waals surface area contributed by atoms with Crippen LogP contribution in [0, 0.1) is 5.92 Å². The lowest BCUT2D eigenvalue weighted by Crippen LogP contribution is -2.49. The van der Waals surface area contributed by atoms with Crippen LogP contribution in [-0.2, 0) is 16.0 Å². The van der Waals surface area contributed by atoms with Crippen LogP contribution < -0.4 is 16.4 Å². The summed E-state index contributed by atoms with van der Waals surface area (Å²) in [6.07, 6.45) is 3.25. The standard InChI is InChI=1S/C18H27N3O2/c1-3-18(19,4-2)12-20-16(22)10-9-14-11-13-7-5-6-8-15(13)21-17(14)23/h5-8,14H,3-4,9-12,19H2,1-2H3,(H,20,22)(H,21,23). The van der Waals surface area contributed by atoms with Gasteiger partial charge in [0.25, 0.3) is 0 Å². The molecule has 0 aliphatic carbocycles. The maximum Gasteiger partial charge on any atom is 0.227 e. The van der Waals surface area contributed by atoms with Crippen LogP contribution in [0.15, 0.2) is 24.3 Å². The number of carbonyl (C=O) groups excluding carboxylic acids is 2. The van der Waals surface area contributed by atoms with Crippen molar-refractivity contribution in [2.45, 2.75) is 51.5 Å². The van der Waals surface area contributed by atoms with Crippen LogP contribution in [0.3, 0.4) is 0 Å². The number of para-hydroxylation sites is 1. The van der Waals surface area contributed by atoms with Gasteiger partial charge in [-0.2, -0.15) is 0 Å². The lowest BCUT2D eigenvalue weighted by Gasteiger charge is -2.27. The number of benzene rings is 1. The van der Waals surface area contributed by atoms with Crippen LogP contribution in [-0.4, -0.2) is 23.9 Å². The topological polar surface area (TPSA) is 84.2 Å². The quantitative estimate of drug-likeness (QED) is 0.721. The lowest BCUT2D eigenvalue weighted by atomic mass is 9.89. The van der Waals surface area contributed by atoms with Gasteiger partial charge in [0.05, 0.1) is 0 Å². The Hall–Kier alpha value is -1.88. The van der Waals surface area contributed by atoms with Crippen molar-refractivity contribution in [3.8, 4) is 0 Å². The Bertz CT molecular complexity index is 567. The fraction of sp³-hybridized carbons (Fsp3) is 0.556. The monoisotopic (exact) mass is 317 g/mol. The third-order valence-electron chi connectivity index (χ3n) is 4.88. The highest BCUT2D eigenvalue weighted by atomic mass is 16.2. The third-order valence-corrected chi connectivity index (χ3v) is 4.88. The van der Waals surface area contributed by atoms with E-state index in [0.29, 0.717) is 25.8 Å². The predicted molar refractivity (Wildman–Crippen MR) is 92.0 cm³/mol. The van der Waals surface area contributed by atoms with Crippen molar-refractivity contribution in [3.05, 3.63) is 29.8 Å². The summed E-state index contributed by atoms with van der Waals surface area (Å²) in [5, 5.41) is 5.82. The van der Waals surface area contributed by atoms with E-state index in [4.69, 9.17) is 5.73 Å². The van der Waals surface area contributed by atoms with E-state index in [9.17, 15) is 9.59 Å². The van der Waals surface area contributed by atoms with E-state index in [0.717, 1.165) is 24.1 Å². The smallest absolute Gasteiger partial charge is 0.227 e. The molecule has 4 N–H and O–H groups in total. The molecule has 1 aromatic carbocycles. The number of hydrogen-bond donors (Lipinski definition) is 3. The minimum atomic E-state index is -0.336. The van der Waals surface area contributed by atoms with E-state index in [1.54, 1.807) is 0 Å². The number of anilines is 1. The molecule has 1 aromatic rings. The molecule has 1 aliphatic heterocycles. The van der Waals surface area contributed by atoms with Crippen LogP contribution in [0.5, 0.6) is 0 Å². The van der Waals surface area contributed by atoms with Crippen LogP contribution in [0.2, 0.25) is 0 Å². The summed E-state index contributed by atoms with van der Waals surface area (Å²) in [4.78, 5) is 24.1. The SMILES string of the molecule is CCC(N)(CC)CNC(=O)CCC1Cc2ccccc2NC1=O. The normalized spacial score (nSPS) is 17.3. The number of amides is 2. The van der Waals surface area contributed by atoms with Gasteiger partial charge in [-0.3, -0.25) is 9.59 Å². The average Bonchev–Trinajstić information content (AvgIpc) is 2.57. The molecule has 2 amide bonds. The number of fused-ring (bicyclic) bond motifs is 1. The Morgan fingerprint density at radius 3 is 2.74 bits per heavy atom. The van der Waals surface area contributed by atoms with E-state index >= 15 is 0 Å². The maximum absolute atomic E-state index is 12.1. The van der Waals surface area contributed by atoms with Crippen LogP contribution in [0.1, 0.15) is 45.1 Å². The second-order valence-corrected chi connectivity index (χ2v) is 6.43. The van der Waals surface area contributed by atoms with Gasteiger partial charge in [-0.25, -0.2) is 0 Å². The fourth-order valence-electron chi connectivity index (χ4n) is 2.81. The summed E-state index contributed by atoms with van der Waals surface area (Å²) in [5.41, 5.74) is 7.86. The zero-order chi connectivity index (χ0) is 16.9. The molecule has 23 heavy (non-hydrogen) atoms. The molecule has 0 saturated carbocycles. The zero-order valence-electron chi connectivity index (χ0n) is 14.0. The van der Waals surface area contributed by atoms with Crippen molar-refractivity contribution in [1.82, 2.24) is 5.32 Å². The molecule has 2 rings (SSSR count). The number of hydrogen-bond acceptors (Lipinski definition) is 3. The van der Waals surface area contributed by atoms with Gasteiger partial charge in [-0.1, -0.05) is 32.0 Å². The van der Waals surface area contributed by atoms with Gasteiger partial charge in [-0.15, -0.1) is 0 Å². The second-order valence-electron chi connectivity index (χ2n) is 6.43. The van der Waals surface area contributed by atoms with Crippen LogP contribution in [0.25, 0.3) is 0 Å². The van der Waals surface area contributed by atoms with Crippen LogP contribution in [0.4, 0.5) is 5.69 Å². The Kier molecular flexibility index (Phi) is 5.77. The van der Waals surface area contributed by atoms with Crippen molar-refractivity contribution in [2.75, 3.05) is 11.9 Å². The van der Waals surface area contributed by atoms with Crippen molar-refractivity contribution < 1.29 is 9.59 Å². The van der Waals surface area contributed by atoms with Gasteiger partial charge < -0.3 is 16.4 Å². The first-order valence-corrected chi connectivity index (χ1v) is 8.41. The zero-order valence-corrected chi connectivity index (χ0v) is 14.0. The first-order valence-electron chi connectivity index (χ1n) is 8.41. The van der Waals surface area contributed by atoms with Crippen molar-refractivity contribution in [2.24, 2.45) is 11.7 Å². The van der Waals surface area contributed by atoms with Crippen molar-refractivity contribution in [3.63, 3.8) is 0 Å². The summed E-state index contributed by atoms with van der Waals surface area (Å²) in [5.74, 6) is -0.171. The highest BCUT2D eigenvalue weighted by Gasteiger charge is 2.26. The molecule has 1 unspecified atom stereocenters. The Labute approximate surface area is 138 Å². The molecular weight excluding hydrogens is 290 g/mol. The molecule has 0 fully saturated rings. The van der Waals surface area contributed by atoms with E-state index in [1.165, 1.54) is 0 Å². The van der Waals surface area contributed by atoms with Gasteiger partial charge in [0.15, 0.2) is 0 Å². The Morgan fingerprint density at radius 1 is 1.35 bits per heavy atom. The van der Waals surface area contributed by atoms with E-state index < -0.39 is 0 Å². The summed E-state index contributed by atoms with van der Waals surface area (Å²) in [6, 6.07) is 7.81. The molecule has 0 saturated heterocycles. The predicted octanol–water partition coefficient (Wildman–Crippen LogP) is 2.21. The molecule has 0 spiro atoms. The number of carbonyl (C=O) groups is 2. The molecule has 0 bridgehead atoms. The van der Waals surface area contributed by atoms with E-state index in [2.05, 4.69) is 10.6 Å². The van der Waals surface area contributed by atoms with Gasteiger partial charge in [0, 0.05) is 30.1 Å². The molecule has 5 heteroatoms. The largest absolute Gasteiger partial charge is 0.354 e. The molecule has 1 atom stereocenters. The average molecular weight is 317 g/mol. The third kappa shape index (κ3) is 4.55. The summed E-state index contributed by atoms with van der Waals surface area (Å²) >= 11 is 0. The first kappa shape index (κ1) is 17.5. The Balaban J connectivity index is 1.82. The molecule has 126 valence electrons. The fourth-order valence-corrected chi connectivity index (χ4v) is 2.81. The van der Waals surface area contributed by atoms with Gasteiger partial charge in [-0.05, 0) is 37.3 Å². The molecule has 0 aromatic heterocycles. The van der Waals surface area contributed by atoms with Gasteiger partial charge >= 0.3 is 0 Å². The second kappa shape index (κ2) is 7.59. The summed E-state index contributed by atoms with van der Waals surface area (Å²) < 4.78 is 0. The Morgan fingerprint density at radius 2 is 2.04 bits per heavy atom. The molecular formula is C18H27N3O2. The number of nitrogens with two attached hydrogens (primary N) is 1. The maximum atomic E-state index is 12.1. The van der Waals surface area contributed by atoms with E-state index in [-0.39, 0.29) is 23.3 Å². The molecule has 0 radical (unpaired) electrons. The number of nitrogens with one attached hydrogen (secondary N) is 2. The van der Waals surface area contributed by atoms with Crippen molar-refractivity contribution >= 4 is 17.5 Å². The van der Waals surface area contributed by atoms with Gasteiger partial charge in [0.2, 0.25) is 11.8 Å². The number of rotatable bonds is 7.